The highest BCUT2D eigenvalue weighted by atomic mass is 35.5. The molecule has 0 aliphatic rings. The number of hydrogen-bond donors (Lipinski definition) is 2. The van der Waals surface area contributed by atoms with Crippen LogP contribution >= 0.6 is 11.6 Å². The van der Waals surface area contributed by atoms with Crippen LogP contribution in [0.15, 0.2) is 54.9 Å². The number of hydrogen-bond acceptors (Lipinski definition) is 5. The Morgan fingerprint density at radius 3 is 2.58 bits per heavy atom. The van der Waals surface area contributed by atoms with Crippen molar-refractivity contribution in [3.05, 3.63) is 71.0 Å². The predicted octanol–water partition coefficient (Wildman–Crippen LogP) is 4.85. The van der Waals surface area contributed by atoms with E-state index >= 15 is 0 Å². The smallest absolute Gasteiger partial charge is 0.143 e. The molecule has 6 heteroatoms. The third-order valence-corrected chi connectivity index (χ3v) is 4.38. The first-order valence-electron chi connectivity index (χ1n) is 8.36. The van der Waals surface area contributed by atoms with Gasteiger partial charge in [-0.1, -0.05) is 41.9 Å². The molecule has 0 radical (unpaired) electrons. The van der Waals surface area contributed by atoms with E-state index in [-0.39, 0.29) is 0 Å². The Morgan fingerprint density at radius 1 is 1.04 bits per heavy atom. The number of aryl methyl sites for hydroxylation is 1. The molecule has 0 saturated heterocycles. The molecule has 0 fully saturated rings. The number of nitrogens with one attached hydrogen (secondary N) is 2. The van der Waals surface area contributed by atoms with E-state index in [2.05, 4.69) is 32.7 Å². The summed E-state index contributed by atoms with van der Waals surface area (Å²) < 4.78 is 5.39. The molecule has 5 nitrogen and oxygen atoms in total. The molecule has 0 bridgehead atoms. The van der Waals surface area contributed by atoms with Crippen LogP contribution in [0.1, 0.15) is 11.1 Å². The average Bonchev–Trinajstić information content (AvgIpc) is 2.66. The number of ether oxygens (including phenoxy) is 1. The zero-order valence-electron chi connectivity index (χ0n) is 14.8. The maximum absolute atomic E-state index is 6.16. The number of anilines is 3. The van der Waals surface area contributed by atoms with E-state index in [0.717, 1.165) is 30.0 Å². The van der Waals surface area contributed by atoms with Crippen LogP contribution in [0.4, 0.5) is 17.3 Å². The zero-order chi connectivity index (χ0) is 18.4. The summed E-state index contributed by atoms with van der Waals surface area (Å²) in [5.41, 5.74) is 3.06. The molecule has 2 N–H and O–H groups in total. The molecule has 0 saturated carbocycles. The first-order chi connectivity index (χ1) is 12.7. The largest absolute Gasteiger partial charge is 0.495 e. The molecule has 0 unspecified atom stereocenters. The van der Waals surface area contributed by atoms with Crippen LogP contribution in [-0.4, -0.2) is 23.6 Å². The molecule has 134 valence electrons. The van der Waals surface area contributed by atoms with E-state index in [1.807, 2.05) is 37.3 Å². The Labute approximate surface area is 158 Å². The lowest BCUT2D eigenvalue weighted by molar-refractivity contribution is 0.416. The van der Waals surface area contributed by atoms with Gasteiger partial charge in [0.15, 0.2) is 0 Å². The van der Waals surface area contributed by atoms with Gasteiger partial charge < -0.3 is 15.4 Å². The maximum atomic E-state index is 6.16. The monoisotopic (exact) mass is 368 g/mol. The minimum atomic E-state index is 0.665. The number of benzene rings is 2. The Kier molecular flexibility index (Phi) is 5.92. The normalized spacial score (nSPS) is 10.4. The van der Waals surface area contributed by atoms with Crippen molar-refractivity contribution in [2.75, 3.05) is 24.3 Å². The van der Waals surface area contributed by atoms with Crippen molar-refractivity contribution in [2.24, 2.45) is 0 Å². The third-order valence-electron chi connectivity index (χ3n) is 3.97. The Balaban J connectivity index is 1.67. The molecule has 0 aliphatic carbocycles. The fourth-order valence-electron chi connectivity index (χ4n) is 2.57. The number of nitrogens with zero attached hydrogens (tertiary/aromatic N) is 2. The van der Waals surface area contributed by atoms with Gasteiger partial charge in [-0.2, -0.15) is 0 Å². The van der Waals surface area contributed by atoms with Gasteiger partial charge in [0, 0.05) is 23.7 Å². The molecule has 2 aromatic carbocycles. The lowest BCUT2D eigenvalue weighted by atomic mass is 10.1. The van der Waals surface area contributed by atoms with Crippen LogP contribution < -0.4 is 15.4 Å². The number of rotatable bonds is 7. The summed E-state index contributed by atoms with van der Waals surface area (Å²) in [5.74, 6) is 2.11. The van der Waals surface area contributed by atoms with Crippen molar-refractivity contribution in [1.82, 2.24) is 9.97 Å². The minimum absolute atomic E-state index is 0.665. The van der Waals surface area contributed by atoms with Crippen molar-refractivity contribution in [1.29, 1.82) is 0 Å². The molecule has 0 amide bonds. The van der Waals surface area contributed by atoms with Gasteiger partial charge in [0.2, 0.25) is 0 Å². The Bertz CT molecular complexity index is 871. The van der Waals surface area contributed by atoms with Crippen LogP contribution in [0.25, 0.3) is 0 Å². The SMILES string of the molecule is COc1cc(Cl)c(C)cc1Nc1cc(NCCc2ccccc2)ncn1. The molecular formula is C20H21ClN4O. The van der Waals surface area contributed by atoms with Crippen LogP contribution in [0.3, 0.4) is 0 Å². The highest BCUT2D eigenvalue weighted by molar-refractivity contribution is 6.31. The molecule has 3 aromatic rings. The summed E-state index contributed by atoms with van der Waals surface area (Å²) in [6.07, 6.45) is 2.46. The van der Waals surface area contributed by atoms with E-state index in [1.54, 1.807) is 13.2 Å². The van der Waals surface area contributed by atoms with E-state index in [0.29, 0.717) is 16.6 Å². The van der Waals surface area contributed by atoms with Gasteiger partial charge in [0.1, 0.15) is 23.7 Å². The highest BCUT2D eigenvalue weighted by Crippen LogP contribution is 2.32. The van der Waals surface area contributed by atoms with Crippen molar-refractivity contribution in [2.45, 2.75) is 13.3 Å². The van der Waals surface area contributed by atoms with Gasteiger partial charge in [-0.05, 0) is 30.5 Å². The molecule has 0 atom stereocenters. The topological polar surface area (TPSA) is 59.1 Å². The molecule has 1 heterocycles. The molecule has 26 heavy (non-hydrogen) atoms. The first kappa shape index (κ1) is 18.0. The quantitative estimate of drug-likeness (QED) is 0.624. The maximum Gasteiger partial charge on any atom is 0.143 e. The molecule has 1 aromatic heterocycles. The summed E-state index contributed by atoms with van der Waals surface area (Å²) in [6, 6.07) is 15.9. The van der Waals surface area contributed by atoms with Gasteiger partial charge in [-0.3, -0.25) is 0 Å². The van der Waals surface area contributed by atoms with Gasteiger partial charge in [-0.25, -0.2) is 9.97 Å². The van der Waals surface area contributed by atoms with E-state index in [9.17, 15) is 0 Å². The molecule has 0 aliphatic heterocycles. The fourth-order valence-corrected chi connectivity index (χ4v) is 2.72. The van der Waals surface area contributed by atoms with Crippen molar-refractivity contribution in [3.63, 3.8) is 0 Å². The van der Waals surface area contributed by atoms with Gasteiger partial charge in [0.25, 0.3) is 0 Å². The van der Waals surface area contributed by atoms with Crippen molar-refractivity contribution >= 4 is 28.9 Å². The fraction of sp³-hybridized carbons (Fsp3) is 0.200. The van der Waals surface area contributed by atoms with E-state index < -0.39 is 0 Å². The van der Waals surface area contributed by atoms with Crippen LogP contribution in [0.5, 0.6) is 5.75 Å². The summed E-state index contributed by atoms with van der Waals surface area (Å²) >= 11 is 6.16. The zero-order valence-corrected chi connectivity index (χ0v) is 15.5. The third kappa shape index (κ3) is 4.64. The Morgan fingerprint density at radius 2 is 1.81 bits per heavy atom. The second-order valence-electron chi connectivity index (χ2n) is 5.88. The van der Waals surface area contributed by atoms with Crippen LogP contribution in [0, 0.1) is 6.92 Å². The van der Waals surface area contributed by atoms with Gasteiger partial charge >= 0.3 is 0 Å². The van der Waals surface area contributed by atoms with Crippen molar-refractivity contribution < 1.29 is 4.74 Å². The van der Waals surface area contributed by atoms with Crippen LogP contribution in [-0.2, 0) is 6.42 Å². The lowest BCUT2D eigenvalue weighted by Crippen LogP contribution is -2.07. The molecule has 0 spiro atoms. The molecular weight excluding hydrogens is 348 g/mol. The molecule has 3 rings (SSSR count). The summed E-state index contributed by atoms with van der Waals surface area (Å²) in [4.78, 5) is 8.55. The number of methoxy groups -OCH3 is 1. The average molecular weight is 369 g/mol. The Hall–Kier alpha value is -2.79. The van der Waals surface area contributed by atoms with Gasteiger partial charge in [0.05, 0.1) is 12.8 Å². The summed E-state index contributed by atoms with van der Waals surface area (Å²) in [7, 11) is 1.61. The second-order valence-corrected chi connectivity index (χ2v) is 6.28. The van der Waals surface area contributed by atoms with Crippen LogP contribution in [0.2, 0.25) is 5.02 Å². The summed E-state index contributed by atoms with van der Waals surface area (Å²) in [6.45, 7) is 2.74. The van der Waals surface area contributed by atoms with Gasteiger partial charge in [-0.15, -0.1) is 0 Å². The van der Waals surface area contributed by atoms with Crippen molar-refractivity contribution in [3.8, 4) is 5.75 Å². The summed E-state index contributed by atoms with van der Waals surface area (Å²) in [5, 5.41) is 7.26. The first-order valence-corrected chi connectivity index (χ1v) is 8.74. The standard InChI is InChI=1S/C20H21ClN4O/c1-14-10-17(18(26-2)11-16(14)21)25-20-12-19(23-13-24-20)22-9-8-15-6-4-3-5-7-15/h3-7,10-13H,8-9H2,1-2H3,(H2,22,23,24,25). The minimum Gasteiger partial charge on any atom is -0.495 e. The lowest BCUT2D eigenvalue weighted by Gasteiger charge is -2.13. The van der Waals surface area contributed by atoms with E-state index in [1.165, 1.54) is 11.9 Å². The second kappa shape index (κ2) is 8.54. The highest BCUT2D eigenvalue weighted by Gasteiger charge is 2.08. The number of aromatic nitrogens is 2. The predicted molar refractivity (Wildman–Crippen MR) is 107 cm³/mol. The van der Waals surface area contributed by atoms with E-state index in [4.69, 9.17) is 16.3 Å². The number of halogens is 1.